The number of carbonyl (C=O) groups is 1. The molecule has 0 fully saturated rings. The molecular weight excluding hydrogens is 346 g/mol. The molecular formula is C20H23N3O2S. The topological polar surface area (TPSA) is 67.0 Å². The molecule has 0 radical (unpaired) electrons. The molecule has 5 nitrogen and oxygen atoms in total. The maximum Gasteiger partial charge on any atom is 0.207 e. The Morgan fingerprint density at radius 3 is 2.77 bits per heavy atom. The van der Waals surface area contributed by atoms with E-state index in [0.717, 1.165) is 44.9 Å². The Kier molecular flexibility index (Phi) is 4.96. The van der Waals surface area contributed by atoms with Crippen LogP contribution in [0.1, 0.15) is 25.0 Å². The van der Waals surface area contributed by atoms with Gasteiger partial charge in [-0.15, -0.1) is 12.6 Å². The average Bonchev–Trinajstić information content (AvgIpc) is 3.02. The van der Waals surface area contributed by atoms with E-state index in [0.29, 0.717) is 12.3 Å². The van der Waals surface area contributed by atoms with E-state index in [1.807, 2.05) is 25.1 Å². The van der Waals surface area contributed by atoms with Crippen LogP contribution in [-0.4, -0.2) is 30.0 Å². The quantitative estimate of drug-likeness (QED) is 0.457. The summed E-state index contributed by atoms with van der Waals surface area (Å²) >= 11 is 4.52. The lowest BCUT2D eigenvalue weighted by Gasteiger charge is -2.24. The minimum atomic E-state index is -0.187. The normalized spacial score (nSPS) is 11.6. The van der Waals surface area contributed by atoms with E-state index in [1.54, 1.807) is 7.11 Å². The molecule has 0 saturated heterocycles. The molecule has 26 heavy (non-hydrogen) atoms. The van der Waals surface area contributed by atoms with Gasteiger partial charge in [-0.2, -0.15) is 0 Å². The van der Waals surface area contributed by atoms with Crippen LogP contribution < -0.4 is 10.1 Å². The first-order valence-corrected chi connectivity index (χ1v) is 8.85. The minimum Gasteiger partial charge on any atom is -0.495 e. The molecule has 0 bridgehead atoms. The van der Waals surface area contributed by atoms with Gasteiger partial charge >= 0.3 is 0 Å². The van der Waals surface area contributed by atoms with E-state index >= 15 is 0 Å². The number of nitrogens with one attached hydrogen (secondary N) is 2. The van der Waals surface area contributed by atoms with Crippen LogP contribution in [0.15, 0.2) is 35.2 Å². The Morgan fingerprint density at radius 2 is 2.08 bits per heavy atom. The Bertz CT molecular complexity index is 963. The molecule has 0 aliphatic heterocycles. The predicted octanol–water partition coefficient (Wildman–Crippen LogP) is 3.86. The standard InChI is InChI=1S/C20H23N3O2S/c1-12-7-14(18(25-4)17(26)8-12)19-22-15-6-5-13(9-16(15)23-19)20(2,3)10-21-11-24/h5-9,11,26H,10H2,1-4H3,(H,21,24)(H,22,23). The molecule has 3 aromatic rings. The third-order valence-electron chi connectivity index (χ3n) is 4.56. The zero-order valence-corrected chi connectivity index (χ0v) is 16.3. The fourth-order valence-corrected chi connectivity index (χ4v) is 3.51. The number of H-pyrrole nitrogens is 1. The number of amides is 1. The minimum absolute atomic E-state index is 0.187. The first-order valence-electron chi connectivity index (χ1n) is 8.41. The van der Waals surface area contributed by atoms with Gasteiger partial charge in [-0.3, -0.25) is 4.79 Å². The number of aryl methyl sites for hydroxylation is 1. The van der Waals surface area contributed by atoms with Crippen molar-refractivity contribution in [2.75, 3.05) is 13.7 Å². The van der Waals surface area contributed by atoms with E-state index in [9.17, 15) is 4.79 Å². The Hall–Kier alpha value is -2.47. The molecule has 6 heteroatoms. The Morgan fingerprint density at radius 1 is 1.31 bits per heavy atom. The van der Waals surface area contributed by atoms with Crippen LogP contribution >= 0.6 is 12.6 Å². The monoisotopic (exact) mass is 369 g/mol. The number of benzene rings is 2. The van der Waals surface area contributed by atoms with Gasteiger partial charge in [0.1, 0.15) is 11.6 Å². The molecule has 0 aliphatic rings. The summed E-state index contributed by atoms with van der Waals surface area (Å²) in [5.41, 5.74) is 4.73. The number of thiol groups is 1. The van der Waals surface area contributed by atoms with Crippen molar-refractivity contribution >= 4 is 30.1 Å². The number of fused-ring (bicyclic) bond motifs is 1. The number of hydrogen-bond donors (Lipinski definition) is 3. The van der Waals surface area contributed by atoms with Crippen LogP contribution in [0, 0.1) is 6.92 Å². The number of carbonyl (C=O) groups excluding carboxylic acids is 1. The molecule has 2 aromatic carbocycles. The summed E-state index contributed by atoms with van der Waals surface area (Å²) in [4.78, 5) is 19.5. The van der Waals surface area contributed by atoms with Crippen LogP contribution in [0.25, 0.3) is 22.4 Å². The third-order valence-corrected chi connectivity index (χ3v) is 4.90. The highest BCUT2D eigenvalue weighted by atomic mass is 32.1. The SMILES string of the molecule is COc1c(S)cc(C)cc1-c1nc2cc(C(C)(C)CNC=O)ccc2[nH]1. The highest BCUT2D eigenvalue weighted by Crippen LogP contribution is 2.36. The van der Waals surface area contributed by atoms with Crippen molar-refractivity contribution in [3.63, 3.8) is 0 Å². The fraction of sp³-hybridized carbons (Fsp3) is 0.300. The summed E-state index contributed by atoms with van der Waals surface area (Å²) in [6.45, 7) is 6.77. The van der Waals surface area contributed by atoms with Crippen molar-refractivity contribution in [2.24, 2.45) is 0 Å². The number of ether oxygens (including phenoxy) is 1. The van der Waals surface area contributed by atoms with Gasteiger partial charge in [0.25, 0.3) is 0 Å². The first kappa shape index (κ1) is 18.3. The lowest BCUT2D eigenvalue weighted by atomic mass is 9.84. The van der Waals surface area contributed by atoms with Crippen LogP contribution in [0.3, 0.4) is 0 Å². The summed E-state index contributed by atoms with van der Waals surface area (Å²) < 4.78 is 5.53. The van der Waals surface area contributed by atoms with Crippen LogP contribution in [-0.2, 0) is 10.2 Å². The largest absolute Gasteiger partial charge is 0.495 e. The molecule has 1 amide bonds. The van der Waals surface area contributed by atoms with Crippen molar-refractivity contribution in [1.82, 2.24) is 15.3 Å². The number of methoxy groups -OCH3 is 1. The first-order chi connectivity index (χ1) is 12.4. The van der Waals surface area contributed by atoms with Crippen LogP contribution in [0.5, 0.6) is 5.75 Å². The molecule has 0 saturated carbocycles. The fourth-order valence-electron chi connectivity index (χ4n) is 3.10. The zero-order chi connectivity index (χ0) is 18.9. The number of imidazole rings is 1. The van der Waals surface area contributed by atoms with Gasteiger partial charge in [0.15, 0.2) is 0 Å². The number of rotatable bonds is 6. The Balaban J connectivity index is 2.07. The summed E-state index contributed by atoms with van der Waals surface area (Å²) in [6, 6.07) is 10.2. The summed E-state index contributed by atoms with van der Waals surface area (Å²) in [5, 5.41) is 2.76. The summed E-state index contributed by atoms with van der Waals surface area (Å²) in [6.07, 6.45) is 0.728. The molecule has 1 heterocycles. The highest BCUT2D eigenvalue weighted by molar-refractivity contribution is 7.80. The number of aromatic amines is 1. The summed E-state index contributed by atoms with van der Waals surface area (Å²) in [7, 11) is 1.64. The zero-order valence-electron chi connectivity index (χ0n) is 15.4. The molecule has 0 atom stereocenters. The number of nitrogens with zero attached hydrogens (tertiary/aromatic N) is 1. The molecule has 0 spiro atoms. The van der Waals surface area contributed by atoms with Crippen molar-refractivity contribution in [1.29, 1.82) is 0 Å². The molecule has 0 aliphatic carbocycles. The maximum absolute atomic E-state index is 10.6. The number of aromatic nitrogens is 2. The Labute approximate surface area is 158 Å². The molecule has 2 N–H and O–H groups in total. The average molecular weight is 369 g/mol. The lowest BCUT2D eigenvalue weighted by Crippen LogP contribution is -2.32. The maximum atomic E-state index is 10.6. The van der Waals surface area contributed by atoms with Gasteiger partial charge in [0.2, 0.25) is 6.41 Å². The second-order valence-corrected chi connectivity index (χ2v) is 7.55. The van der Waals surface area contributed by atoms with Gasteiger partial charge in [-0.1, -0.05) is 19.9 Å². The highest BCUT2D eigenvalue weighted by Gasteiger charge is 2.21. The van der Waals surface area contributed by atoms with Crippen molar-refractivity contribution in [3.8, 4) is 17.1 Å². The van der Waals surface area contributed by atoms with E-state index in [-0.39, 0.29) is 5.41 Å². The van der Waals surface area contributed by atoms with E-state index < -0.39 is 0 Å². The molecule has 3 rings (SSSR count). The second-order valence-electron chi connectivity index (χ2n) is 7.06. The molecule has 136 valence electrons. The smallest absolute Gasteiger partial charge is 0.207 e. The van der Waals surface area contributed by atoms with Crippen LogP contribution in [0.2, 0.25) is 0 Å². The van der Waals surface area contributed by atoms with E-state index in [2.05, 4.69) is 48.9 Å². The molecule has 1 aromatic heterocycles. The second kappa shape index (κ2) is 7.03. The van der Waals surface area contributed by atoms with E-state index in [1.165, 1.54) is 0 Å². The summed E-state index contributed by atoms with van der Waals surface area (Å²) in [5.74, 6) is 1.45. The van der Waals surface area contributed by atoms with Gasteiger partial charge in [-0.25, -0.2) is 4.98 Å². The predicted molar refractivity (Wildman–Crippen MR) is 107 cm³/mol. The van der Waals surface area contributed by atoms with Gasteiger partial charge in [-0.05, 0) is 42.3 Å². The van der Waals surface area contributed by atoms with Gasteiger partial charge in [0.05, 0.1) is 23.7 Å². The van der Waals surface area contributed by atoms with Crippen molar-refractivity contribution in [2.45, 2.75) is 31.1 Å². The lowest BCUT2D eigenvalue weighted by molar-refractivity contribution is -0.109. The van der Waals surface area contributed by atoms with Gasteiger partial charge in [0, 0.05) is 16.9 Å². The van der Waals surface area contributed by atoms with Crippen LogP contribution in [0.4, 0.5) is 0 Å². The van der Waals surface area contributed by atoms with Crippen molar-refractivity contribution < 1.29 is 9.53 Å². The van der Waals surface area contributed by atoms with Crippen molar-refractivity contribution in [3.05, 3.63) is 41.5 Å². The van der Waals surface area contributed by atoms with E-state index in [4.69, 9.17) is 9.72 Å². The third kappa shape index (κ3) is 3.42. The van der Waals surface area contributed by atoms with Gasteiger partial charge < -0.3 is 15.0 Å². The number of hydrogen-bond acceptors (Lipinski definition) is 4. The molecule has 0 unspecified atom stereocenters.